The standard InChI is InChI=1S/C35H48Cl2N8O5/c1-7-9-10-11-14-44(28(46)8-2)25-21-43(33(47)22-12-15-41(3)16-13-22)20-24(25)39-34-38-18-23-19-45(35(48)42(4)32(23)40-34)31-29(36)26(49-5)17-27(50-6)30(31)37/h8,17-18,22,24-25H,2,7,9-16,19-21H2,1,3-6H3,(H,38,39,40). The van der Waals surface area contributed by atoms with Gasteiger partial charge in [-0.2, -0.15) is 4.98 Å². The highest BCUT2D eigenvalue weighted by Crippen LogP contribution is 2.47. The Kier molecular flexibility index (Phi) is 12.3. The number of anilines is 3. The summed E-state index contributed by atoms with van der Waals surface area (Å²) in [7, 11) is 6.63. The second-order valence-corrected chi connectivity index (χ2v) is 13.9. The molecule has 272 valence electrons. The molecular formula is C35H48Cl2N8O5. The molecule has 3 aliphatic heterocycles. The molecule has 4 amide bonds. The van der Waals surface area contributed by atoms with Gasteiger partial charge in [-0.1, -0.05) is 56.0 Å². The first-order chi connectivity index (χ1) is 24.0. The van der Waals surface area contributed by atoms with Gasteiger partial charge < -0.3 is 29.5 Å². The van der Waals surface area contributed by atoms with Crippen LogP contribution in [0, 0.1) is 5.92 Å². The molecule has 0 saturated carbocycles. The largest absolute Gasteiger partial charge is 0.495 e. The number of halogens is 2. The van der Waals surface area contributed by atoms with Crippen molar-refractivity contribution in [2.24, 2.45) is 5.92 Å². The number of carbonyl (C=O) groups is 3. The second kappa shape index (κ2) is 16.5. The van der Waals surface area contributed by atoms with Crippen molar-refractivity contribution in [2.75, 3.05) is 76.2 Å². The Morgan fingerprint density at radius 2 is 1.76 bits per heavy atom. The van der Waals surface area contributed by atoms with Crippen molar-refractivity contribution in [2.45, 2.75) is 64.1 Å². The fourth-order valence-corrected chi connectivity index (χ4v) is 7.74. The Morgan fingerprint density at radius 1 is 1.08 bits per heavy atom. The molecule has 5 rings (SSSR count). The molecule has 15 heteroatoms. The molecule has 1 N–H and O–H groups in total. The number of amides is 4. The molecule has 2 aromatic rings. The van der Waals surface area contributed by atoms with Crippen LogP contribution in [0.5, 0.6) is 11.5 Å². The number of rotatable bonds is 13. The van der Waals surface area contributed by atoms with Crippen LogP contribution in [0.2, 0.25) is 10.0 Å². The molecule has 0 radical (unpaired) electrons. The number of piperidine rings is 1. The van der Waals surface area contributed by atoms with E-state index in [4.69, 9.17) is 37.7 Å². The van der Waals surface area contributed by atoms with E-state index in [2.05, 4.69) is 35.8 Å². The molecule has 1 aromatic heterocycles. The summed E-state index contributed by atoms with van der Waals surface area (Å²) in [4.78, 5) is 59.1. The van der Waals surface area contributed by atoms with E-state index in [0.717, 1.165) is 51.6 Å². The fourth-order valence-electron chi connectivity index (χ4n) is 7.03. The number of benzene rings is 1. The zero-order chi connectivity index (χ0) is 36.1. The number of carbonyl (C=O) groups excluding carboxylic acids is 3. The second-order valence-electron chi connectivity index (χ2n) is 13.2. The van der Waals surface area contributed by atoms with Crippen molar-refractivity contribution in [1.29, 1.82) is 0 Å². The van der Waals surface area contributed by atoms with Gasteiger partial charge in [0.2, 0.25) is 17.8 Å². The molecule has 50 heavy (non-hydrogen) atoms. The summed E-state index contributed by atoms with van der Waals surface area (Å²) in [5, 5.41) is 3.78. The third-order valence-electron chi connectivity index (χ3n) is 9.92. The number of likely N-dealkylation sites (tertiary alicyclic amines) is 2. The average molecular weight is 732 g/mol. The zero-order valence-electron chi connectivity index (χ0n) is 29.6. The van der Waals surface area contributed by atoms with Gasteiger partial charge in [-0.15, -0.1) is 0 Å². The Morgan fingerprint density at radius 3 is 2.38 bits per heavy atom. The van der Waals surface area contributed by atoms with Crippen LogP contribution in [-0.4, -0.2) is 116 Å². The Labute approximate surface area is 304 Å². The summed E-state index contributed by atoms with van der Waals surface area (Å²) < 4.78 is 10.8. The minimum atomic E-state index is -0.412. The summed E-state index contributed by atoms with van der Waals surface area (Å²) in [5.74, 6) is 1.22. The molecule has 2 atom stereocenters. The van der Waals surface area contributed by atoms with Gasteiger partial charge in [0, 0.05) is 50.4 Å². The maximum atomic E-state index is 13.8. The predicted molar refractivity (Wildman–Crippen MR) is 196 cm³/mol. The van der Waals surface area contributed by atoms with Gasteiger partial charge in [0.1, 0.15) is 27.4 Å². The number of ether oxygens (including phenoxy) is 2. The number of aromatic nitrogens is 2. The summed E-state index contributed by atoms with van der Waals surface area (Å²) in [6, 6.07) is 0.486. The van der Waals surface area contributed by atoms with Gasteiger partial charge in [-0.25, -0.2) is 9.78 Å². The third kappa shape index (κ3) is 7.74. The molecule has 0 spiro atoms. The van der Waals surface area contributed by atoms with Crippen molar-refractivity contribution >= 4 is 58.5 Å². The van der Waals surface area contributed by atoms with E-state index in [0.29, 0.717) is 42.5 Å². The minimum Gasteiger partial charge on any atom is -0.495 e. The van der Waals surface area contributed by atoms with Crippen LogP contribution in [0.15, 0.2) is 24.9 Å². The van der Waals surface area contributed by atoms with Crippen molar-refractivity contribution < 1.29 is 23.9 Å². The number of urea groups is 1. The van der Waals surface area contributed by atoms with E-state index in [1.54, 1.807) is 19.3 Å². The summed E-state index contributed by atoms with van der Waals surface area (Å²) >= 11 is 13.3. The Bertz CT molecular complexity index is 1560. The average Bonchev–Trinajstić information content (AvgIpc) is 3.53. The van der Waals surface area contributed by atoms with Crippen LogP contribution in [0.3, 0.4) is 0 Å². The Hall–Kier alpha value is -3.81. The zero-order valence-corrected chi connectivity index (χ0v) is 31.1. The summed E-state index contributed by atoms with van der Waals surface area (Å²) in [6.07, 6.45) is 8.64. The van der Waals surface area contributed by atoms with Crippen molar-refractivity contribution in [1.82, 2.24) is 24.7 Å². The highest BCUT2D eigenvalue weighted by atomic mass is 35.5. The predicted octanol–water partition coefficient (Wildman–Crippen LogP) is 5.31. The first-order valence-electron chi connectivity index (χ1n) is 17.2. The molecular weight excluding hydrogens is 683 g/mol. The summed E-state index contributed by atoms with van der Waals surface area (Å²) in [5.41, 5.74) is 0.913. The lowest BCUT2D eigenvalue weighted by Crippen LogP contribution is -2.49. The maximum absolute atomic E-state index is 13.8. The van der Waals surface area contributed by atoms with Gasteiger partial charge in [0.05, 0.1) is 38.5 Å². The summed E-state index contributed by atoms with van der Waals surface area (Å²) in [6.45, 7) is 9.13. The smallest absolute Gasteiger partial charge is 0.330 e. The molecule has 0 bridgehead atoms. The molecule has 2 fully saturated rings. The Balaban J connectivity index is 1.42. The lowest BCUT2D eigenvalue weighted by molar-refractivity contribution is -0.137. The minimum absolute atomic E-state index is 0.0483. The normalized spacial score (nSPS) is 19.7. The molecule has 1 aromatic carbocycles. The van der Waals surface area contributed by atoms with Crippen LogP contribution in [0.4, 0.5) is 22.2 Å². The number of fused-ring (bicyclic) bond motifs is 1. The first kappa shape index (κ1) is 37.4. The number of nitrogens with one attached hydrogen (secondary N) is 1. The number of methoxy groups -OCH3 is 2. The van der Waals surface area contributed by atoms with E-state index in [-0.39, 0.29) is 58.0 Å². The number of nitrogens with zero attached hydrogens (tertiary/aromatic N) is 7. The molecule has 0 aliphatic carbocycles. The van der Waals surface area contributed by atoms with E-state index >= 15 is 0 Å². The lowest BCUT2D eigenvalue weighted by Gasteiger charge is -2.35. The van der Waals surface area contributed by atoms with Gasteiger partial charge in [-0.3, -0.25) is 19.4 Å². The van der Waals surface area contributed by atoms with Crippen LogP contribution in [-0.2, 0) is 16.1 Å². The molecule has 13 nitrogen and oxygen atoms in total. The first-order valence-corrected chi connectivity index (χ1v) is 18.0. The van der Waals surface area contributed by atoms with E-state index in [1.807, 2.05) is 9.80 Å². The van der Waals surface area contributed by atoms with Crippen LogP contribution >= 0.6 is 23.2 Å². The van der Waals surface area contributed by atoms with Crippen molar-refractivity contribution in [3.05, 3.63) is 40.5 Å². The number of unbranched alkanes of at least 4 members (excludes halogenated alkanes) is 3. The quantitative estimate of drug-likeness (QED) is 0.216. The van der Waals surface area contributed by atoms with Gasteiger partial charge >= 0.3 is 6.03 Å². The van der Waals surface area contributed by atoms with Crippen molar-refractivity contribution in [3.63, 3.8) is 0 Å². The maximum Gasteiger partial charge on any atom is 0.330 e. The molecule has 2 unspecified atom stereocenters. The lowest BCUT2D eigenvalue weighted by atomic mass is 9.96. The van der Waals surface area contributed by atoms with Gasteiger partial charge in [-0.05, 0) is 45.5 Å². The van der Waals surface area contributed by atoms with E-state index in [9.17, 15) is 14.4 Å². The molecule has 2 saturated heterocycles. The fraction of sp³-hybridized carbons (Fsp3) is 0.571. The highest BCUT2D eigenvalue weighted by molar-refractivity contribution is 6.42. The number of hydrogen-bond donors (Lipinski definition) is 1. The molecule has 3 aliphatic rings. The van der Waals surface area contributed by atoms with Gasteiger partial charge in [0.25, 0.3) is 0 Å². The van der Waals surface area contributed by atoms with Crippen molar-refractivity contribution in [3.8, 4) is 11.5 Å². The van der Waals surface area contributed by atoms with Crippen LogP contribution in [0.1, 0.15) is 51.0 Å². The highest BCUT2D eigenvalue weighted by Gasteiger charge is 2.43. The van der Waals surface area contributed by atoms with E-state index in [1.165, 1.54) is 30.1 Å². The van der Waals surface area contributed by atoms with Crippen LogP contribution < -0.4 is 24.6 Å². The van der Waals surface area contributed by atoms with Crippen LogP contribution in [0.25, 0.3) is 0 Å². The SMILES string of the molecule is C=CC(=O)N(CCCCCC)C1CN(C(=O)C2CCN(C)CC2)CC1Nc1ncc2c(n1)N(C)C(=O)N(c1c(Cl)c(OC)cc(OC)c1Cl)C2. The number of hydrogen-bond acceptors (Lipinski definition) is 9. The van der Waals surface area contributed by atoms with Gasteiger partial charge in [0.15, 0.2) is 0 Å². The molecule has 4 heterocycles. The third-order valence-corrected chi connectivity index (χ3v) is 10.7. The van der Waals surface area contributed by atoms with E-state index < -0.39 is 6.03 Å². The monoisotopic (exact) mass is 730 g/mol. The topological polar surface area (TPSA) is 124 Å².